The number of anilines is 1. The van der Waals surface area contributed by atoms with Crippen molar-refractivity contribution < 1.29 is 19.3 Å². The van der Waals surface area contributed by atoms with Crippen LogP contribution >= 0.6 is 0 Å². The molecule has 0 aliphatic carbocycles. The number of aromatic hydroxyl groups is 1. The fraction of sp³-hybridized carbons (Fsp3) is 0.294. The highest BCUT2D eigenvalue weighted by atomic mass is 16.6. The van der Waals surface area contributed by atoms with Gasteiger partial charge in [-0.05, 0) is 22.4 Å². The van der Waals surface area contributed by atoms with Crippen molar-refractivity contribution in [2.24, 2.45) is 5.10 Å². The molecule has 2 aromatic heterocycles. The van der Waals surface area contributed by atoms with Crippen molar-refractivity contribution in [2.75, 3.05) is 32.0 Å². The number of nitrogens with zero attached hydrogens (tertiary/aromatic N) is 7. The lowest BCUT2D eigenvalue weighted by Gasteiger charge is -2.25. The third-order valence-electron chi connectivity index (χ3n) is 4.43. The molecular formula is C17H19N9O4. The Labute approximate surface area is 170 Å². The van der Waals surface area contributed by atoms with Crippen molar-refractivity contribution >= 4 is 17.9 Å². The van der Waals surface area contributed by atoms with E-state index in [1.807, 2.05) is 0 Å². The van der Waals surface area contributed by atoms with E-state index < -0.39 is 5.91 Å². The van der Waals surface area contributed by atoms with Gasteiger partial charge < -0.3 is 15.6 Å². The van der Waals surface area contributed by atoms with Crippen LogP contribution in [0.15, 0.2) is 34.0 Å². The first-order valence-corrected chi connectivity index (χ1v) is 9.08. The van der Waals surface area contributed by atoms with Crippen LogP contribution in [0.1, 0.15) is 21.7 Å². The number of carbonyl (C=O) groups is 1. The van der Waals surface area contributed by atoms with Gasteiger partial charge in [0, 0.05) is 25.2 Å². The number of aromatic nitrogens is 5. The van der Waals surface area contributed by atoms with Crippen molar-refractivity contribution in [3.63, 3.8) is 0 Å². The van der Waals surface area contributed by atoms with E-state index in [1.165, 1.54) is 12.3 Å². The molecule has 0 atom stereocenters. The Morgan fingerprint density at radius 3 is 2.83 bits per heavy atom. The van der Waals surface area contributed by atoms with Gasteiger partial charge in [-0.25, -0.2) is 10.1 Å². The third kappa shape index (κ3) is 4.11. The number of rotatable bonds is 6. The first-order chi connectivity index (χ1) is 14.6. The van der Waals surface area contributed by atoms with Gasteiger partial charge >= 0.3 is 0 Å². The predicted octanol–water partition coefficient (Wildman–Crippen LogP) is -0.466. The molecule has 3 heterocycles. The van der Waals surface area contributed by atoms with Crippen LogP contribution in [-0.2, 0) is 11.3 Å². The molecule has 30 heavy (non-hydrogen) atoms. The van der Waals surface area contributed by atoms with Crippen LogP contribution in [0, 0.1) is 0 Å². The minimum Gasteiger partial charge on any atom is -0.507 e. The number of nitrogens with two attached hydrogens (primary N) is 1. The average Bonchev–Trinajstić information content (AvgIpc) is 3.36. The largest absolute Gasteiger partial charge is 0.507 e. The predicted molar refractivity (Wildman–Crippen MR) is 103 cm³/mol. The number of amides is 1. The summed E-state index contributed by atoms with van der Waals surface area (Å²) in [6.45, 7) is 2.97. The Kier molecular flexibility index (Phi) is 5.63. The number of morpholine rings is 1. The molecule has 0 bridgehead atoms. The number of para-hydroxylation sites is 1. The van der Waals surface area contributed by atoms with Crippen molar-refractivity contribution in [3.05, 3.63) is 41.2 Å². The highest BCUT2D eigenvalue weighted by Gasteiger charge is 2.26. The standard InChI is InChI=1S/C17H19N9O4/c18-15-16(23-30-22-15)26-14(12(20-24-26)10-25-5-7-29-8-6-25)17(28)21-19-9-11-3-1-2-4-13(11)27/h1-4,9,27H,5-8,10H2,(H2,18,22)(H,21,28)/b19-9+. The molecule has 0 spiro atoms. The molecule has 0 radical (unpaired) electrons. The molecule has 1 fully saturated rings. The van der Waals surface area contributed by atoms with Gasteiger partial charge in [-0.1, -0.05) is 17.3 Å². The summed E-state index contributed by atoms with van der Waals surface area (Å²) in [5.74, 6) is -0.538. The van der Waals surface area contributed by atoms with Gasteiger partial charge in [0.1, 0.15) is 11.4 Å². The van der Waals surface area contributed by atoms with Crippen LogP contribution in [-0.4, -0.2) is 73.7 Å². The maximum Gasteiger partial charge on any atom is 0.292 e. The Hall–Kier alpha value is -3.84. The minimum atomic E-state index is -0.586. The normalized spacial score (nSPS) is 14.9. The Bertz CT molecular complexity index is 1060. The average molecular weight is 413 g/mol. The first kappa shape index (κ1) is 19.5. The zero-order chi connectivity index (χ0) is 20.9. The van der Waals surface area contributed by atoms with E-state index in [2.05, 4.69) is 40.7 Å². The summed E-state index contributed by atoms with van der Waals surface area (Å²) in [6, 6.07) is 6.60. The molecule has 1 saturated heterocycles. The molecule has 0 unspecified atom stereocenters. The van der Waals surface area contributed by atoms with Crippen LogP contribution < -0.4 is 11.2 Å². The lowest BCUT2D eigenvalue weighted by Crippen LogP contribution is -2.36. The van der Waals surface area contributed by atoms with Crippen LogP contribution in [0.4, 0.5) is 5.82 Å². The topological polar surface area (TPSA) is 170 Å². The van der Waals surface area contributed by atoms with Crippen molar-refractivity contribution in [3.8, 4) is 11.6 Å². The Balaban J connectivity index is 1.60. The van der Waals surface area contributed by atoms with Crippen molar-refractivity contribution in [1.82, 2.24) is 35.6 Å². The summed E-state index contributed by atoms with van der Waals surface area (Å²) in [5, 5.41) is 29.0. The highest BCUT2D eigenvalue weighted by Crippen LogP contribution is 2.18. The summed E-state index contributed by atoms with van der Waals surface area (Å²) in [7, 11) is 0. The Morgan fingerprint density at radius 1 is 1.30 bits per heavy atom. The van der Waals surface area contributed by atoms with Gasteiger partial charge in [0.15, 0.2) is 5.69 Å². The number of hydrogen-bond donors (Lipinski definition) is 3. The van der Waals surface area contributed by atoms with E-state index in [0.29, 0.717) is 44.1 Å². The second kappa shape index (κ2) is 8.67. The summed E-state index contributed by atoms with van der Waals surface area (Å²) in [5.41, 5.74) is 9.13. The molecule has 4 rings (SSSR count). The van der Waals surface area contributed by atoms with E-state index in [-0.39, 0.29) is 23.1 Å². The van der Waals surface area contributed by atoms with Gasteiger partial charge in [-0.3, -0.25) is 9.69 Å². The second-order valence-electron chi connectivity index (χ2n) is 6.42. The zero-order valence-electron chi connectivity index (χ0n) is 15.8. The van der Waals surface area contributed by atoms with E-state index in [1.54, 1.807) is 18.2 Å². The van der Waals surface area contributed by atoms with Gasteiger partial charge in [0.25, 0.3) is 5.91 Å². The maximum absolute atomic E-state index is 12.9. The van der Waals surface area contributed by atoms with Crippen molar-refractivity contribution in [2.45, 2.75) is 6.54 Å². The molecule has 1 aliphatic rings. The number of nitrogen functional groups attached to an aromatic ring is 1. The smallest absolute Gasteiger partial charge is 0.292 e. The number of phenols is 1. The summed E-state index contributed by atoms with van der Waals surface area (Å²) in [6.07, 6.45) is 1.33. The molecule has 3 aromatic rings. The van der Waals surface area contributed by atoms with Gasteiger partial charge in [0.05, 0.1) is 19.4 Å². The molecule has 4 N–H and O–H groups in total. The lowest BCUT2D eigenvalue weighted by atomic mass is 10.2. The third-order valence-corrected chi connectivity index (χ3v) is 4.43. The molecule has 1 aliphatic heterocycles. The molecule has 1 aromatic carbocycles. The summed E-state index contributed by atoms with van der Waals surface area (Å²) < 4.78 is 11.1. The monoisotopic (exact) mass is 413 g/mol. The quantitative estimate of drug-likeness (QED) is 0.355. The summed E-state index contributed by atoms with van der Waals surface area (Å²) >= 11 is 0. The molecule has 156 valence electrons. The number of carbonyl (C=O) groups excluding carboxylic acids is 1. The molecule has 0 saturated carbocycles. The molecular weight excluding hydrogens is 394 g/mol. The maximum atomic E-state index is 12.9. The highest BCUT2D eigenvalue weighted by molar-refractivity contribution is 5.95. The fourth-order valence-electron chi connectivity index (χ4n) is 2.91. The Morgan fingerprint density at radius 2 is 2.10 bits per heavy atom. The molecule has 13 heteroatoms. The lowest BCUT2D eigenvalue weighted by molar-refractivity contribution is 0.0335. The number of hydrazone groups is 1. The van der Waals surface area contributed by atoms with Gasteiger partial charge in [-0.2, -0.15) is 9.78 Å². The van der Waals surface area contributed by atoms with Crippen LogP contribution in [0.25, 0.3) is 5.82 Å². The SMILES string of the molecule is Nc1nonc1-n1nnc(CN2CCOCC2)c1C(=O)N/N=C/c1ccccc1O. The first-order valence-electron chi connectivity index (χ1n) is 9.08. The molecule has 1 amide bonds. The zero-order valence-corrected chi connectivity index (χ0v) is 15.8. The second-order valence-corrected chi connectivity index (χ2v) is 6.42. The van der Waals surface area contributed by atoms with Crippen LogP contribution in [0.2, 0.25) is 0 Å². The van der Waals surface area contributed by atoms with Crippen LogP contribution in [0.5, 0.6) is 5.75 Å². The van der Waals surface area contributed by atoms with E-state index in [4.69, 9.17) is 10.5 Å². The van der Waals surface area contributed by atoms with E-state index >= 15 is 0 Å². The number of ether oxygens (including phenoxy) is 1. The number of phenolic OH excluding ortho intramolecular Hbond substituents is 1. The van der Waals surface area contributed by atoms with E-state index in [0.717, 1.165) is 4.68 Å². The van der Waals surface area contributed by atoms with E-state index in [9.17, 15) is 9.90 Å². The summed E-state index contributed by atoms with van der Waals surface area (Å²) in [4.78, 5) is 15.0. The minimum absolute atomic E-state index is 0.0374. The number of hydrogen-bond acceptors (Lipinski definition) is 11. The van der Waals surface area contributed by atoms with Gasteiger partial charge in [-0.15, -0.1) is 5.10 Å². The van der Waals surface area contributed by atoms with Gasteiger partial charge in [0.2, 0.25) is 11.6 Å². The van der Waals surface area contributed by atoms with Crippen LogP contribution in [0.3, 0.4) is 0 Å². The van der Waals surface area contributed by atoms with Crippen molar-refractivity contribution in [1.29, 1.82) is 0 Å². The number of benzene rings is 1. The number of nitrogens with one attached hydrogen (secondary N) is 1. The molecule has 13 nitrogen and oxygen atoms in total. The fourth-order valence-corrected chi connectivity index (χ4v) is 2.91.